The van der Waals surface area contributed by atoms with E-state index in [0.717, 1.165) is 18.4 Å². The highest BCUT2D eigenvalue weighted by Gasteiger charge is 2.22. The standard InChI is InChI=1S/C27H31N7O4S/c1-17-12-19-13-23(29-17)21-15-28-33(3)26(21)38-9-8-37-18(2)16-34-24-14-20(32-39(36)10-4-5-11-39)6-7-22(24)30-27(34)31-25(19)35/h6-7,12-15,18H,4-5,8-11,16H2,1-3H3,(H,30,31,35)/t18-/m0/s1. The molecule has 204 valence electrons. The molecule has 1 atom stereocenters. The van der Waals surface area contributed by atoms with Gasteiger partial charge in [-0.1, -0.05) is 0 Å². The number of imidazole rings is 1. The van der Waals surface area contributed by atoms with Crippen molar-refractivity contribution in [1.82, 2.24) is 24.3 Å². The van der Waals surface area contributed by atoms with Crippen LogP contribution in [0.1, 0.15) is 35.8 Å². The zero-order valence-corrected chi connectivity index (χ0v) is 23.0. The molecule has 12 heteroatoms. The van der Waals surface area contributed by atoms with Crippen molar-refractivity contribution in [2.75, 3.05) is 30.0 Å². The van der Waals surface area contributed by atoms with Gasteiger partial charge >= 0.3 is 0 Å². The summed E-state index contributed by atoms with van der Waals surface area (Å²) in [6.07, 6.45) is 3.35. The number of anilines is 1. The molecule has 3 aromatic heterocycles. The van der Waals surface area contributed by atoms with Crippen LogP contribution in [0.2, 0.25) is 0 Å². The normalized spacial score (nSPS) is 19.4. The van der Waals surface area contributed by atoms with Crippen LogP contribution in [0.25, 0.3) is 22.3 Å². The molecule has 4 aromatic rings. The van der Waals surface area contributed by atoms with Crippen LogP contribution in [0, 0.1) is 6.92 Å². The Morgan fingerprint density at radius 3 is 2.77 bits per heavy atom. The Morgan fingerprint density at radius 2 is 1.95 bits per heavy atom. The lowest BCUT2D eigenvalue weighted by Gasteiger charge is -2.17. The number of ether oxygens (including phenoxy) is 2. The smallest absolute Gasteiger partial charge is 0.258 e. The molecule has 0 saturated carbocycles. The molecular weight excluding hydrogens is 518 g/mol. The fraction of sp³-hybridized carbons (Fsp3) is 0.407. The fourth-order valence-electron chi connectivity index (χ4n) is 5.07. The largest absolute Gasteiger partial charge is 0.475 e. The number of nitrogens with one attached hydrogen (secondary N) is 1. The molecule has 0 spiro atoms. The average Bonchev–Trinajstić information content (AvgIpc) is 3.58. The molecule has 0 unspecified atom stereocenters. The number of benzene rings is 1. The number of carbonyl (C=O) groups is 1. The maximum atomic E-state index is 13.5. The Hall–Kier alpha value is -3.77. The lowest BCUT2D eigenvalue weighted by Crippen LogP contribution is -2.22. The zero-order chi connectivity index (χ0) is 27.1. The third-order valence-corrected chi connectivity index (χ3v) is 9.34. The molecule has 6 rings (SSSR count). The van der Waals surface area contributed by atoms with Crippen molar-refractivity contribution in [3.63, 3.8) is 0 Å². The Labute approximate surface area is 226 Å². The highest BCUT2D eigenvalue weighted by molar-refractivity contribution is 7.93. The Morgan fingerprint density at radius 1 is 1.13 bits per heavy atom. The van der Waals surface area contributed by atoms with Crippen LogP contribution in [0.15, 0.2) is 40.9 Å². The van der Waals surface area contributed by atoms with Gasteiger partial charge in [-0.15, -0.1) is 0 Å². The first kappa shape index (κ1) is 25.5. The van der Waals surface area contributed by atoms with Crippen LogP contribution in [-0.2, 0) is 28.1 Å². The third-order valence-electron chi connectivity index (χ3n) is 6.95. The topological polar surface area (TPSA) is 126 Å². The van der Waals surface area contributed by atoms with Gasteiger partial charge < -0.3 is 14.0 Å². The Bertz CT molecular complexity index is 1690. The predicted molar refractivity (Wildman–Crippen MR) is 149 cm³/mol. The molecule has 1 N–H and O–H groups in total. The van der Waals surface area contributed by atoms with Crippen molar-refractivity contribution in [2.45, 2.75) is 39.3 Å². The van der Waals surface area contributed by atoms with Gasteiger partial charge in [0, 0.05) is 29.8 Å². The number of hydrogen-bond acceptors (Lipinski definition) is 8. The van der Waals surface area contributed by atoms with Crippen LogP contribution in [0.4, 0.5) is 11.6 Å². The van der Waals surface area contributed by atoms with Gasteiger partial charge in [-0.25, -0.2) is 13.9 Å². The van der Waals surface area contributed by atoms with E-state index in [1.54, 1.807) is 30.1 Å². The number of hydrogen-bond donors (Lipinski definition) is 1. The summed E-state index contributed by atoms with van der Waals surface area (Å²) < 4.78 is 33.4. The second kappa shape index (κ2) is 10.1. The van der Waals surface area contributed by atoms with E-state index < -0.39 is 9.73 Å². The molecule has 5 heterocycles. The minimum atomic E-state index is -2.22. The Balaban J connectivity index is 1.44. The van der Waals surface area contributed by atoms with Gasteiger partial charge in [0.15, 0.2) is 0 Å². The number of rotatable bonds is 1. The molecule has 0 aliphatic carbocycles. The first-order valence-electron chi connectivity index (χ1n) is 13.1. The van der Waals surface area contributed by atoms with E-state index in [2.05, 4.69) is 19.8 Å². The number of aryl methyl sites for hydroxylation is 2. The van der Waals surface area contributed by atoms with Crippen molar-refractivity contribution in [1.29, 1.82) is 0 Å². The summed E-state index contributed by atoms with van der Waals surface area (Å²) in [6.45, 7) is 4.92. The van der Waals surface area contributed by atoms with Crippen molar-refractivity contribution in [3.8, 4) is 17.1 Å². The monoisotopic (exact) mass is 549 g/mol. The molecular formula is C27H31N7O4S. The summed E-state index contributed by atoms with van der Waals surface area (Å²) in [5.74, 6) is 1.91. The number of aromatic nitrogens is 5. The van der Waals surface area contributed by atoms with E-state index in [0.29, 0.717) is 76.8 Å². The van der Waals surface area contributed by atoms with E-state index in [1.807, 2.05) is 36.6 Å². The van der Waals surface area contributed by atoms with E-state index >= 15 is 0 Å². The fourth-order valence-corrected chi connectivity index (χ4v) is 7.27. The maximum Gasteiger partial charge on any atom is 0.258 e. The van der Waals surface area contributed by atoms with Crippen molar-refractivity contribution < 1.29 is 18.5 Å². The molecule has 2 aliphatic heterocycles. The van der Waals surface area contributed by atoms with E-state index in [4.69, 9.17) is 14.5 Å². The molecule has 39 heavy (non-hydrogen) atoms. The van der Waals surface area contributed by atoms with Crippen molar-refractivity contribution in [2.24, 2.45) is 11.4 Å². The minimum Gasteiger partial charge on any atom is -0.475 e. The molecule has 11 nitrogen and oxygen atoms in total. The second-order valence-electron chi connectivity index (χ2n) is 10.1. The molecule has 1 saturated heterocycles. The summed E-state index contributed by atoms with van der Waals surface area (Å²) in [7, 11) is -0.424. The summed E-state index contributed by atoms with van der Waals surface area (Å²) in [6, 6.07) is 9.05. The van der Waals surface area contributed by atoms with Crippen LogP contribution in [0.3, 0.4) is 0 Å². The van der Waals surface area contributed by atoms with Crippen LogP contribution in [0.5, 0.6) is 5.88 Å². The lowest BCUT2D eigenvalue weighted by atomic mass is 10.1. The van der Waals surface area contributed by atoms with Gasteiger partial charge in [0.1, 0.15) is 6.61 Å². The first-order valence-corrected chi connectivity index (χ1v) is 14.9. The van der Waals surface area contributed by atoms with Gasteiger partial charge in [-0.05, 0) is 57.0 Å². The summed E-state index contributed by atoms with van der Waals surface area (Å²) in [5, 5.41) is 7.32. The Kier molecular flexibility index (Phi) is 6.59. The lowest BCUT2D eigenvalue weighted by molar-refractivity contribution is 0.0344. The molecule has 2 aliphatic rings. The number of amides is 1. The number of nitrogens with zero attached hydrogens (tertiary/aromatic N) is 6. The van der Waals surface area contributed by atoms with Crippen LogP contribution < -0.4 is 10.1 Å². The highest BCUT2D eigenvalue weighted by Crippen LogP contribution is 2.31. The summed E-state index contributed by atoms with van der Waals surface area (Å²) >= 11 is 0. The number of fused-ring (bicyclic) bond motifs is 7. The van der Waals surface area contributed by atoms with E-state index in [1.165, 1.54) is 0 Å². The quantitative estimate of drug-likeness (QED) is 0.379. The molecule has 1 fully saturated rings. The highest BCUT2D eigenvalue weighted by atomic mass is 32.2. The number of pyridine rings is 1. The summed E-state index contributed by atoms with van der Waals surface area (Å²) in [4.78, 5) is 22.9. The minimum absolute atomic E-state index is 0.213. The third kappa shape index (κ3) is 5.13. The molecule has 1 amide bonds. The first-order chi connectivity index (χ1) is 18.8. The summed E-state index contributed by atoms with van der Waals surface area (Å²) in [5.41, 5.74) is 4.56. The SMILES string of the molecule is Cc1cc2cc(n1)-c1cnn(C)c1OCCO[C@@H](C)Cn1c(nc3ccc(N=S4(=O)CCCC4)cc31)NC2=O. The average molecular weight is 550 g/mol. The van der Waals surface area contributed by atoms with Crippen LogP contribution in [-0.4, -0.2) is 65.3 Å². The van der Waals surface area contributed by atoms with Gasteiger partial charge in [0.25, 0.3) is 5.91 Å². The van der Waals surface area contributed by atoms with Gasteiger partial charge in [0.2, 0.25) is 11.8 Å². The van der Waals surface area contributed by atoms with E-state index in [-0.39, 0.29) is 12.0 Å². The van der Waals surface area contributed by atoms with Gasteiger partial charge in [0.05, 0.1) is 63.2 Å². The van der Waals surface area contributed by atoms with Crippen molar-refractivity contribution in [3.05, 3.63) is 47.8 Å². The van der Waals surface area contributed by atoms with E-state index in [9.17, 15) is 9.00 Å². The van der Waals surface area contributed by atoms with Gasteiger partial charge in [-0.3, -0.25) is 15.1 Å². The van der Waals surface area contributed by atoms with Gasteiger partial charge in [-0.2, -0.15) is 9.46 Å². The van der Waals surface area contributed by atoms with Crippen molar-refractivity contribution >= 4 is 38.3 Å². The molecule has 2 bridgehead atoms. The predicted octanol–water partition coefficient (Wildman–Crippen LogP) is 4.08. The molecule has 1 aromatic carbocycles. The van der Waals surface area contributed by atoms with Crippen LogP contribution >= 0.6 is 0 Å². The second-order valence-corrected chi connectivity index (χ2v) is 12.6. The molecule has 0 radical (unpaired) electrons. The number of carbonyl (C=O) groups excluding carboxylic acids is 1. The zero-order valence-electron chi connectivity index (χ0n) is 22.2. The maximum absolute atomic E-state index is 13.5.